The molecule has 0 heterocycles. The molecular weight excluding hydrogens is 389 g/mol. The van der Waals surface area contributed by atoms with E-state index < -0.39 is 6.10 Å². The molecule has 1 aliphatic carbocycles. The zero-order chi connectivity index (χ0) is 21.8. The van der Waals surface area contributed by atoms with Gasteiger partial charge < -0.3 is 15.2 Å². The van der Waals surface area contributed by atoms with Crippen LogP contribution in [0.2, 0.25) is 0 Å². The molecule has 164 valence electrons. The van der Waals surface area contributed by atoms with Crippen molar-refractivity contribution in [3.63, 3.8) is 0 Å². The van der Waals surface area contributed by atoms with Crippen molar-refractivity contribution in [1.82, 2.24) is 5.32 Å². The Balaban J connectivity index is 1.29. The van der Waals surface area contributed by atoms with Gasteiger partial charge in [0.1, 0.15) is 5.82 Å². The first-order valence-electron chi connectivity index (χ1n) is 11.2. The van der Waals surface area contributed by atoms with Crippen LogP contribution in [0.3, 0.4) is 0 Å². The number of rotatable bonds is 10. The van der Waals surface area contributed by atoms with Crippen molar-refractivity contribution >= 4 is 10.8 Å². The van der Waals surface area contributed by atoms with Gasteiger partial charge in [0.25, 0.3) is 0 Å². The molecule has 3 aromatic carbocycles. The van der Waals surface area contributed by atoms with Gasteiger partial charge in [-0.15, -0.1) is 0 Å². The van der Waals surface area contributed by atoms with E-state index in [1.807, 2.05) is 6.07 Å². The number of aliphatic hydroxyl groups excluding tert-OH is 1. The number of hydrogen-bond acceptors (Lipinski definition) is 3. The number of β-amino-alcohol motifs (C(OH)–C–C–N with tert-alkyl or cyclic N) is 1. The molecule has 2 atom stereocenters. The van der Waals surface area contributed by atoms with E-state index in [4.69, 9.17) is 4.74 Å². The van der Waals surface area contributed by atoms with Gasteiger partial charge in [-0.1, -0.05) is 54.6 Å². The lowest BCUT2D eigenvalue weighted by atomic mass is 9.93. The van der Waals surface area contributed by atoms with E-state index >= 15 is 0 Å². The lowest BCUT2D eigenvalue weighted by Gasteiger charge is -2.29. The summed E-state index contributed by atoms with van der Waals surface area (Å²) < 4.78 is 19.7. The molecule has 0 amide bonds. The molecule has 31 heavy (non-hydrogen) atoms. The molecule has 1 saturated carbocycles. The second-order valence-electron chi connectivity index (χ2n) is 9.42. The predicted molar refractivity (Wildman–Crippen MR) is 124 cm³/mol. The Morgan fingerprint density at radius 2 is 1.81 bits per heavy atom. The summed E-state index contributed by atoms with van der Waals surface area (Å²) in [5.74, 6) is 0.177. The average molecular weight is 422 g/mol. The van der Waals surface area contributed by atoms with Crippen molar-refractivity contribution in [2.75, 3.05) is 13.2 Å². The summed E-state index contributed by atoms with van der Waals surface area (Å²) in [5.41, 5.74) is 1.96. The fourth-order valence-corrected chi connectivity index (χ4v) is 4.18. The van der Waals surface area contributed by atoms with Gasteiger partial charge in [-0.25, -0.2) is 4.39 Å². The number of aliphatic hydroxyl groups is 1. The molecule has 1 aliphatic rings. The van der Waals surface area contributed by atoms with Crippen molar-refractivity contribution in [3.05, 3.63) is 83.7 Å². The fraction of sp³-hybridized carbons (Fsp3) is 0.407. The van der Waals surface area contributed by atoms with Crippen LogP contribution in [0.1, 0.15) is 43.9 Å². The maximum atomic E-state index is 13.6. The first kappa shape index (κ1) is 21.9. The molecule has 3 aromatic rings. The maximum Gasteiger partial charge on any atom is 0.123 e. The summed E-state index contributed by atoms with van der Waals surface area (Å²) in [4.78, 5) is 0. The van der Waals surface area contributed by atoms with Crippen LogP contribution in [-0.2, 0) is 11.2 Å². The summed E-state index contributed by atoms with van der Waals surface area (Å²) in [5, 5.41) is 16.5. The molecule has 0 saturated heterocycles. The first-order valence-corrected chi connectivity index (χ1v) is 11.2. The minimum Gasteiger partial charge on any atom is -0.389 e. The largest absolute Gasteiger partial charge is 0.389 e. The highest BCUT2D eigenvalue weighted by Crippen LogP contribution is 2.43. The van der Waals surface area contributed by atoms with Gasteiger partial charge in [0.05, 0.1) is 18.8 Å². The van der Waals surface area contributed by atoms with E-state index in [2.05, 4.69) is 61.6 Å². The van der Waals surface area contributed by atoms with Gasteiger partial charge in [-0.3, -0.25) is 0 Å². The quantitative estimate of drug-likeness (QED) is 0.459. The molecule has 0 bridgehead atoms. The summed E-state index contributed by atoms with van der Waals surface area (Å²) in [6.07, 6.45) is 2.28. The van der Waals surface area contributed by atoms with E-state index in [1.54, 1.807) is 12.1 Å². The molecule has 4 heteroatoms. The highest BCUT2D eigenvalue weighted by Gasteiger charge is 2.33. The van der Waals surface area contributed by atoms with Gasteiger partial charge in [0, 0.05) is 12.1 Å². The average Bonchev–Trinajstić information content (AvgIpc) is 3.57. The van der Waals surface area contributed by atoms with Crippen LogP contribution < -0.4 is 5.32 Å². The molecule has 1 unspecified atom stereocenters. The Hall–Kier alpha value is -2.27. The van der Waals surface area contributed by atoms with Crippen LogP contribution in [0.4, 0.5) is 4.39 Å². The lowest BCUT2D eigenvalue weighted by molar-refractivity contribution is -0.0212. The Labute approximate surface area is 184 Å². The van der Waals surface area contributed by atoms with E-state index in [0.717, 1.165) is 24.8 Å². The highest BCUT2D eigenvalue weighted by molar-refractivity contribution is 5.83. The molecule has 1 fully saturated rings. The first-order chi connectivity index (χ1) is 14.9. The topological polar surface area (TPSA) is 41.5 Å². The van der Waals surface area contributed by atoms with Crippen molar-refractivity contribution in [1.29, 1.82) is 0 Å². The third-order valence-electron chi connectivity index (χ3n) is 5.97. The number of nitrogens with one attached hydrogen (secondary N) is 1. The van der Waals surface area contributed by atoms with Crippen LogP contribution in [0.15, 0.2) is 66.7 Å². The second kappa shape index (κ2) is 9.47. The van der Waals surface area contributed by atoms with Crippen molar-refractivity contribution in [2.45, 2.75) is 50.9 Å². The minimum absolute atomic E-state index is 0.143. The molecule has 0 radical (unpaired) electrons. The Morgan fingerprint density at radius 1 is 1.03 bits per heavy atom. The van der Waals surface area contributed by atoms with E-state index in [-0.39, 0.29) is 24.1 Å². The Kier molecular flexibility index (Phi) is 6.71. The third kappa shape index (κ3) is 6.13. The summed E-state index contributed by atoms with van der Waals surface area (Å²) >= 11 is 0. The lowest BCUT2D eigenvalue weighted by Crippen LogP contribution is -2.46. The standard InChI is InChI=1S/C27H32FNO2/c1-27(2,16-19-10-11-20-6-3-4-7-22(20)14-19)29-17-25(30)18-31-26(21-12-13-21)23-8-5-9-24(28)15-23/h3-11,14-15,21,25-26,29-30H,12-13,16-18H2,1-2H3/t25-,26?/m1/s1. The van der Waals surface area contributed by atoms with Crippen LogP contribution in [0.5, 0.6) is 0 Å². The van der Waals surface area contributed by atoms with Crippen LogP contribution in [-0.4, -0.2) is 29.9 Å². The molecular formula is C27H32FNO2. The third-order valence-corrected chi connectivity index (χ3v) is 5.97. The van der Waals surface area contributed by atoms with Crippen LogP contribution in [0.25, 0.3) is 10.8 Å². The number of halogens is 1. The van der Waals surface area contributed by atoms with Crippen LogP contribution in [0, 0.1) is 11.7 Å². The number of benzene rings is 3. The molecule has 3 nitrogen and oxygen atoms in total. The van der Waals surface area contributed by atoms with E-state index in [9.17, 15) is 9.50 Å². The highest BCUT2D eigenvalue weighted by atomic mass is 19.1. The van der Waals surface area contributed by atoms with Gasteiger partial charge >= 0.3 is 0 Å². The monoisotopic (exact) mass is 421 g/mol. The Morgan fingerprint density at radius 3 is 2.55 bits per heavy atom. The van der Waals surface area contributed by atoms with Crippen molar-refractivity contribution < 1.29 is 14.2 Å². The minimum atomic E-state index is -0.620. The number of fused-ring (bicyclic) bond motifs is 1. The molecule has 2 N–H and O–H groups in total. The Bertz CT molecular complexity index is 1010. The fourth-order valence-electron chi connectivity index (χ4n) is 4.18. The smallest absolute Gasteiger partial charge is 0.123 e. The second-order valence-corrected chi connectivity index (χ2v) is 9.42. The van der Waals surface area contributed by atoms with Gasteiger partial charge in [-0.05, 0) is 73.1 Å². The maximum absolute atomic E-state index is 13.6. The summed E-state index contributed by atoms with van der Waals surface area (Å²) in [7, 11) is 0. The molecule has 4 rings (SSSR count). The van der Waals surface area contributed by atoms with Crippen molar-refractivity contribution in [3.8, 4) is 0 Å². The van der Waals surface area contributed by atoms with E-state index in [0.29, 0.717) is 12.5 Å². The van der Waals surface area contributed by atoms with Crippen LogP contribution >= 0.6 is 0 Å². The molecule has 0 aromatic heterocycles. The SMILES string of the molecule is CC(C)(Cc1ccc2ccccc2c1)NC[C@@H](O)COC(c1cccc(F)c1)C1CC1. The zero-order valence-electron chi connectivity index (χ0n) is 18.4. The molecule has 0 aliphatic heterocycles. The number of ether oxygens (including phenoxy) is 1. The van der Waals surface area contributed by atoms with E-state index in [1.165, 1.54) is 22.4 Å². The van der Waals surface area contributed by atoms with Gasteiger partial charge in [0.15, 0.2) is 0 Å². The van der Waals surface area contributed by atoms with Gasteiger partial charge in [-0.2, -0.15) is 0 Å². The summed E-state index contributed by atoms with van der Waals surface area (Å²) in [6, 6.07) is 21.6. The summed E-state index contributed by atoms with van der Waals surface area (Å²) in [6.45, 7) is 4.98. The zero-order valence-corrected chi connectivity index (χ0v) is 18.4. The van der Waals surface area contributed by atoms with Crippen molar-refractivity contribution in [2.24, 2.45) is 5.92 Å². The molecule has 0 spiro atoms. The normalized spacial score (nSPS) is 16.4. The predicted octanol–water partition coefficient (Wildman–Crippen LogP) is 5.42. The van der Waals surface area contributed by atoms with Gasteiger partial charge in [0.2, 0.25) is 0 Å². The number of hydrogen-bond donors (Lipinski definition) is 2.